The van der Waals surface area contributed by atoms with E-state index in [1.165, 1.54) is 13.2 Å². The predicted octanol–water partition coefficient (Wildman–Crippen LogP) is 5.36. The average molecular weight is 466 g/mol. The molecule has 0 unspecified atom stereocenters. The highest BCUT2D eigenvalue weighted by molar-refractivity contribution is 7.93. The van der Waals surface area contributed by atoms with Crippen LogP contribution in [0.4, 0.5) is 5.69 Å². The standard InChI is InChI=1S/C21H20ClNO5S2/c1-4-28-21(24)19-20(15(12-29-19)14-8-6-5-7-9-14)30(25,26)23-17-10-13(2)16(22)11-18(17)27-3/h5-12,23H,4H2,1-3H3. The summed E-state index contributed by atoms with van der Waals surface area (Å²) in [5.74, 6) is -0.423. The largest absolute Gasteiger partial charge is 0.495 e. The van der Waals surface area contributed by atoms with Crippen molar-refractivity contribution in [2.75, 3.05) is 18.4 Å². The van der Waals surface area contributed by atoms with Crippen LogP contribution in [0, 0.1) is 6.92 Å². The molecule has 0 radical (unpaired) electrons. The number of anilines is 1. The van der Waals surface area contributed by atoms with Gasteiger partial charge in [-0.05, 0) is 31.0 Å². The summed E-state index contributed by atoms with van der Waals surface area (Å²) in [6.07, 6.45) is 0. The number of aryl methyl sites for hydroxylation is 1. The summed E-state index contributed by atoms with van der Waals surface area (Å²) in [5, 5.41) is 2.09. The summed E-state index contributed by atoms with van der Waals surface area (Å²) in [5.41, 5.74) is 1.98. The molecule has 1 N–H and O–H groups in total. The van der Waals surface area contributed by atoms with E-state index >= 15 is 0 Å². The number of esters is 1. The second-order valence-corrected chi connectivity index (χ2v) is 9.21. The lowest BCUT2D eigenvalue weighted by Gasteiger charge is -2.15. The van der Waals surface area contributed by atoms with Gasteiger partial charge in [-0.25, -0.2) is 13.2 Å². The average Bonchev–Trinajstić information content (AvgIpc) is 3.17. The molecule has 30 heavy (non-hydrogen) atoms. The number of sulfonamides is 1. The van der Waals surface area contributed by atoms with E-state index in [0.717, 1.165) is 11.3 Å². The lowest BCUT2D eigenvalue weighted by Crippen LogP contribution is -2.17. The lowest BCUT2D eigenvalue weighted by molar-refractivity contribution is 0.0528. The van der Waals surface area contributed by atoms with Crippen molar-refractivity contribution in [2.24, 2.45) is 0 Å². The second-order valence-electron chi connectivity index (χ2n) is 6.30. The zero-order valence-electron chi connectivity index (χ0n) is 16.6. The number of rotatable bonds is 7. The Hall–Kier alpha value is -2.55. The van der Waals surface area contributed by atoms with Crippen LogP contribution in [0.25, 0.3) is 11.1 Å². The van der Waals surface area contributed by atoms with Crippen LogP contribution >= 0.6 is 22.9 Å². The molecule has 0 spiro atoms. The Morgan fingerprint density at radius 1 is 1.20 bits per heavy atom. The van der Waals surface area contributed by atoms with Gasteiger partial charge in [0.2, 0.25) is 0 Å². The van der Waals surface area contributed by atoms with Gasteiger partial charge in [-0.15, -0.1) is 11.3 Å². The number of ether oxygens (including phenoxy) is 2. The molecule has 0 saturated heterocycles. The minimum Gasteiger partial charge on any atom is -0.495 e. The fourth-order valence-electron chi connectivity index (χ4n) is 2.88. The van der Waals surface area contributed by atoms with E-state index in [0.29, 0.717) is 21.7 Å². The number of hydrogen-bond acceptors (Lipinski definition) is 6. The molecule has 1 heterocycles. The van der Waals surface area contributed by atoms with E-state index in [4.69, 9.17) is 21.1 Å². The van der Waals surface area contributed by atoms with Crippen LogP contribution in [0.5, 0.6) is 5.75 Å². The molecule has 3 aromatic rings. The monoisotopic (exact) mass is 465 g/mol. The third-order valence-corrected chi connectivity index (χ3v) is 7.23. The van der Waals surface area contributed by atoms with Gasteiger partial charge in [0, 0.05) is 22.0 Å². The maximum absolute atomic E-state index is 13.4. The number of methoxy groups -OCH3 is 1. The van der Waals surface area contributed by atoms with Gasteiger partial charge in [0.1, 0.15) is 15.5 Å². The summed E-state index contributed by atoms with van der Waals surface area (Å²) in [6.45, 7) is 3.55. The van der Waals surface area contributed by atoms with Crippen LogP contribution < -0.4 is 9.46 Å². The third-order valence-electron chi connectivity index (χ3n) is 4.28. The van der Waals surface area contributed by atoms with Crippen molar-refractivity contribution in [2.45, 2.75) is 18.7 Å². The van der Waals surface area contributed by atoms with E-state index in [1.54, 1.807) is 49.6 Å². The first-order chi connectivity index (χ1) is 14.3. The molecule has 0 atom stereocenters. The van der Waals surface area contributed by atoms with E-state index in [1.807, 2.05) is 6.07 Å². The first-order valence-electron chi connectivity index (χ1n) is 8.99. The quantitative estimate of drug-likeness (QED) is 0.475. The van der Waals surface area contributed by atoms with E-state index in [9.17, 15) is 13.2 Å². The summed E-state index contributed by atoms with van der Waals surface area (Å²) < 4.78 is 39.8. The van der Waals surface area contributed by atoms with Gasteiger partial charge in [-0.3, -0.25) is 4.72 Å². The van der Waals surface area contributed by atoms with E-state index in [-0.39, 0.29) is 27.8 Å². The zero-order chi connectivity index (χ0) is 21.9. The van der Waals surface area contributed by atoms with E-state index < -0.39 is 16.0 Å². The molecule has 0 aliphatic carbocycles. The van der Waals surface area contributed by atoms with Crippen molar-refractivity contribution in [3.63, 3.8) is 0 Å². The topological polar surface area (TPSA) is 81.7 Å². The molecule has 9 heteroatoms. The molecule has 3 rings (SSSR count). The molecular weight excluding hydrogens is 446 g/mol. The van der Waals surface area contributed by atoms with Crippen molar-refractivity contribution in [1.82, 2.24) is 0 Å². The molecule has 0 saturated carbocycles. The lowest BCUT2D eigenvalue weighted by atomic mass is 10.1. The van der Waals surface area contributed by atoms with Gasteiger partial charge in [-0.2, -0.15) is 0 Å². The fraction of sp³-hybridized carbons (Fsp3) is 0.190. The van der Waals surface area contributed by atoms with Crippen molar-refractivity contribution in [3.05, 3.63) is 63.3 Å². The van der Waals surface area contributed by atoms with Crippen LogP contribution in [0.3, 0.4) is 0 Å². The zero-order valence-corrected chi connectivity index (χ0v) is 19.0. The van der Waals surface area contributed by atoms with Crippen LogP contribution in [0.1, 0.15) is 22.2 Å². The molecular formula is C21H20ClNO5S2. The Bertz CT molecular complexity index is 1170. The summed E-state index contributed by atoms with van der Waals surface area (Å²) in [4.78, 5) is 12.4. The summed E-state index contributed by atoms with van der Waals surface area (Å²) >= 11 is 7.15. The van der Waals surface area contributed by atoms with Crippen LogP contribution in [0.15, 0.2) is 52.7 Å². The Labute approximate surface area is 184 Å². The summed E-state index contributed by atoms with van der Waals surface area (Å²) in [7, 11) is -2.75. The number of nitrogens with one attached hydrogen (secondary N) is 1. The van der Waals surface area contributed by atoms with Crippen LogP contribution in [-0.4, -0.2) is 28.1 Å². The van der Waals surface area contributed by atoms with Crippen molar-refractivity contribution in [3.8, 4) is 16.9 Å². The molecule has 6 nitrogen and oxygen atoms in total. The number of halogens is 1. The van der Waals surface area contributed by atoms with Gasteiger partial charge >= 0.3 is 5.97 Å². The Kier molecular flexibility index (Phi) is 6.70. The van der Waals surface area contributed by atoms with Crippen LogP contribution in [-0.2, 0) is 14.8 Å². The molecule has 0 fully saturated rings. The van der Waals surface area contributed by atoms with Crippen molar-refractivity contribution in [1.29, 1.82) is 0 Å². The Balaban J connectivity index is 2.16. The Morgan fingerprint density at radius 3 is 2.53 bits per heavy atom. The molecule has 0 aliphatic rings. The number of hydrogen-bond donors (Lipinski definition) is 1. The minimum atomic E-state index is -4.17. The van der Waals surface area contributed by atoms with Crippen molar-refractivity contribution >= 4 is 44.6 Å². The maximum Gasteiger partial charge on any atom is 0.349 e. The Morgan fingerprint density at radius 2 is 1.90 bits per heavy atom. The molecule has 1 aromatic heterocycles. The highest BCUT2D eigenvalue weighted by Crippen LogP contribution is 2.38. The molecule has 158 valence electrons. The molecule has 2 aromatic carbocycles. The number of carbonyl (C=O) groups excluding carboxylic acids is 1. The summed E-state index contributed by atoms with van der Waals surface area (Å²) in [6, 6.07) is 12.1. The smallest absolute Gasteiger partial charge is 0.349 e. The first-order valence-corrected chi connectivity index (χ1v) is 11.7. The third kappa shape index (κ3) is 4.45. The maximum atomic E-state index is 13.4. The van der Waals surface area contributed by atoms with Gasteiger partial charge in [0.05, 0.1) is 19.4 Å². The van der Waals surface area contributed by atoms with Gasteiger partial charge in [0.25, 0.3) is 10.0 Å². The minimum absolute atomic E-state index is 0.00727. The SMILES string of the molecule is CCOC(=O)c1scc(-c2ccccc2)c1S(=O)(=O)Nc1cc(C)c(Cl)cc1OC. The normalized spacial score (nSPS) is 11.2. The van der Waals surface area contributed by atoms with Crippen LogP contribution in [0.2, 0.25) is 5.02 Å². The second kappa shape index (κ2) is 9.07. The number of thiophene rings is 1. The number of carbonyl (C=O) groups is 1. The predicted molar refractivity (Wildman–Crippen MR) is 119 cm³/mol. The molecule has 0 aliphatic heterocycles. The van der Waals surface area contributed by atoms with Gasteiger partial charge in [-0.1, -0.05) is 41.9 Å². The molecule has 0 amide bonds. The van der Waals surface area contributed by atoms with Gasteiger partial charge in [0.15, 0.2) is 0 Å². The molecule has 0 bridgehead atoms. The van der Waals surface area contributed by atoms with Gasteiger partial charge < -0.3 is 9.47 Å². The highest BCUT2D eigenvalue weighted by Gasteiger charge is 2.31. The van der Waals surface area contributed by atoms with E-state index in [2.05, 4.69) is 4.72 Å². The highest BCUT2D eigenvalue weighted by atomic mass is 35.5. The van der Waals surface area contributed by atoms with Crippen molar-refractivity contribution < 1.29 is 22.7 Å². The number of benzene rings is 2. The fourth-order valence-corrected chi connectivity index (χ4v) is 5.78. The first kappa shape index (κ1) is 22.1.